The van der Waals surface area contributed by atoms with Crippen LogP contribution < -0.4 is 0 Å². The lowest BCUT2D eigenvalue weighted by Gasteiger charge is -1.91. The van der Waals surface area contributed by atoms with Crippen molar-refractivity contribution in [3.8, 4) is 0 Å². The van der Waals surface area contributed by atoms with Gasteiger partial charge in [-0.3, -0.25) is 0 Å². The van der Waals surface area contributed by atoms with Crippen LogP contribution in [0.1, 0.15) is 0 Å². The van der Waals surface area contributed by atoms with Crippen molar-refractivity contribution in [2.24, 2.45) is 10.2 Å². The largest absolute Gasteiger partial charge is 0.349 e. The van der Waals surface area contributed by atoms with Gasteiger partial charge in [-0.25, -0.2) is 0 Å². The lowest BCUT2D eigenvalue weighted by Crippen LogP contribution is -1.96. The predicted octanol–water partition coefficient (Wildman–Crippen LogP) is 1.04. The maximum absolute atomic E-state index is 8.31. The normalized spacial score (nSPS) is 11.2. The van der Waals surface area contributed by atoms with Gasteiger partial charge in [-0.15, -0.1) is 5.11 Å². The molecule has 58 valence electrons. The Balaban J connectivity index is 2.65. The van der Waals surface area contributed by atoms with Crippen molar-refractivity contribution in [2.75, 3.05) is 0 Å². The molecule has 0 aliphatic carbocycles. The average molecular weight is 152 g/mol. The van der Waals surface area contributed by atoms with E-state index in [0.717, 1.165) is 0 Å². The number of nitrogens with zero attached hydrogens (tertiary/aromatic N) is 2. The molecule has 0 fully saturated rings. The maximum atomic E-state index is 8.31. The van der Waals surface area contributed by atoms with Crippen LogP contribution in [-0.4, -0.2) is 16.6 Å². The van der Waals surface area contributed by atoms with E-state index in [1.807, 2.05) is 6.07 Å². The average Bonchev–Trinajstić information content (AvgIpc) is 2.03. The molecule has 0 heterocycles. The number of aliphatic hydroxyl groups excluding tert-OH is 1. The fourth-order valence-corrected chi connectivity index (χ4v) is 0.613. The van der Waals surface area contributed by atoms with Crippen molar-refractivity contribution in [1.82, 2.24) is 0 Å². The Morgan fingerprint density at radius 1 is 1.09 bits per heavy atom. The third kappa shape index (κ3) is 2.88. The molecule has 0 amide bonds. The van der Waals surface area contributed by atoms with Gasteiger partial charge in [-0.2, -0.15) is 5.11 Å². The zero-order valence-corrected chi connectivity index (χ0v) is 5.75. The summed E-state index contributed by atoms with van der Waals surface area (Å²) in [5.74, 6) is 0. The minimum Gasteiger partial charge on any atom is -0.349 e. The highest BCUT2D eigenvalue weighted by molar-refractivity contribution is 5.34. The Hall–Kier alpha value is -1.26. The standard InChI is InChI=1S/C7H8N2O2/c10-7(11)9-8-6-4-2-1-3-5-6/h1-5,7,10-11H/b9-8+. The second-order valence-corrected chi connectivity index (χ2v) is 1.90. The summed E-state index contributed by atoms with van der Waals surface area (Å²) in [4.78, 5) is 0. The van der Waals surface area contributed by atoms with Crippen molar-refractivity contribution in [2.45, 2.75) is 6.41 Å². The van der Waals surface area contributed by atoms with E-state index in [9.17, 15) is 0 Å². The monoisotopic (exact) mass is 152 g/mol. The van der Waals surface area contributed by atoms with E-state index < -0.39 is 6.41 Å². The summed E-state index contributed by atoms with van der Waals surface area (Å²) in [6.07, 6.45) is -1.73. The zero-order valence-electron chi connectivity index (χ0n) is 5.75. The molecule has 1 aromatic rings. The molecule has 4 nitrogen and oxygen atoms in total. The lowest BCUT2D eigenvalue weighted by molar-refractivity contribution is -0.0365. The van der Waals surface area contributed by atoms with Crippen LogP contribution in [0.15, 0.2) is 40.6 Å². The third-order valence-corrected chi connectivity index (χ3v) is 1.03. The van der Waals surface area contributed by atoms with Gasteiger partial charge in [0.1, 0.15) is 0 Å². The molecule has 0 saturated heterocycles. The van der Waals surface area contributed by atoms with Crippen LogP contribution in [0, 0.1) is 0 Å². The van der Waals surface area contributed by atoms with Gasteiger partial charge in [-0.05, 0) is 12.1 Å². The van der Waals surface area contributed by atoms with E-state index in [0.29, 0.717) is 5.69 Å². The van der Waals surface area contributed by atoms with E-state index in [1.165, 1.54) is 0 Å². The van der Waals surface area contributed by atoms with Crippen molar-refractivity contribution < 1.29 is 10.2 Å². The molecule has 0 saturated carbocycles. The van der Waals surface area contributed by atoms with Gasteiger partial charge in [0.15, 0.2) is 0 Å². The molecule has 0 aromatic heterocycles. The molecule has 0 bridgehead atoms. The first-order valence-electron chi connectivity index (χ1n) is 3.11. The van der Waals surface area contributed by atoms with E-state index in [1.54, 1.807) is 24.3 Å². The molecule has 2 N–H and O–H groups in total. The molecule has 0 radical (unpaired) electrons. The Morgan fingerprint density at radius 3 is 2.27 bits per heavy atom. The Labute approximate surface area is 63.8 Å². The minimum atomic E-state index is -1.73. The highest BCUT2D eigenvalue weighted by atomic mass is 16.5. The van der Waals surface area contributed by atoms with Crippen molar-refractivity contribution >= 4 is 5.69 Å². The second-order valence-electron chi connectivity index (χ2n) is 1.90. The number of rotatable bonds is 2. The van der Waals surface area contributed by atoms with Crippen molar-refractivity contribution in [3.63, 3.8) is 0 Å². The summed E-state index contributed by atoms with van der Waals surface area (Å²) in [6, 6.07) is 8.85. The highest BCUT2D eigenvalue weighted by Crippen LogP contribution is 2.09. The van der Waals surface area contributed by atoms with Crippen LogP contribution in [-0.2, 0) is 0 Å². The van der Waals surface area contributed by atoms with Gasteiger partial charge >= 0.3 is 0 Å². The molecule has 0 aliphatic rings. The fraction of sp³-hybridized carbons (Fsp3) is 0.143. The molecule has 0 atom stereocenters. The first-order chi connectivity index (χ1) is 5.29. The van der Waals surface area contributed by atoms with Crippen LogP contribution in [0.2, 0.25) is 0 Å². The van der Waals surface area contributed by atoms with E-state index in [4.69, 9.17) is 10.2 Å². The second kappa shape index (κ2) is 3.80. The number of azo groups is 1. The molecular formula is C7H8N2O2. The lowest BCUT2D eigenvalue weighted by atomic mass is 10.3. The maximum Gasteiger partial charge on any atom is 0.272 e. The molecule has 0 unspecified atom stereocenters. The van der Waals surface area contributed by atoms with E-state index >= 15 is 0 Å². The van der Waals surface area contributed by atoms with E-state index in [2.05, 4.69) is 10.2 Å². The quantitative estimate of drug-likeness (QED) is 0.491. The fourth-order valence-electron chi connectivity index (χ4n) is 0.613. The van der Waals surface area contributed by atoms with Gasteiger partial charge in [0.2, 0.25) is 0 Å². The van der Waals surface area contributed by atoms with Gasteiger partial charge in [0, 0.05) is 0 Å². The Kier molecular flexibility index (Phi) is 2.71. The van der Waals surface area contributed by atoms with E-state index in [-0.39, 0.29) is 0 Å². The first-order valence-corrected chi connectivity index (χ1v) is 3.11. The summed E-state index contributed by atoms with van der Waals surface area (Å²) < 4.78 is 0. The van der Waals surface area contributed by atoms with Gasteiger partial charge in [-0.1, -0.05) is 18.2 Å². The predicted molar refractivity (Wildman–Crippen MR) is 39.2 cm³/mol. The Bertz CT molecular complexity index is 233. The van der Waals surface area contributed by atoms with Crippen LogP contribution in [0.5, 0.6) is 0 Å². The molecular weight excluding hydrogens is 144 g/mol. The Morgan fingerprint density at radius 2 is 1.73 bits per heavy atom. The third-order valence-electron chi connectivity index (χ3n) is 1.03. The summed E-state index contributed by atoms with van der Waals surface area (Å²) in [7, 11) is 0. The van der Waals surface area contributed by atoms with Crippen LogP contribution in [0.4, 0.5) is 5.69 Å². The number of benzene rings is 1. The summed E-state index contributed by atoms with van der Waals surface area (Å²) >= 11 is 0. The number of hydrogen-bond donors (Lipinski definition) is 2. The molecule has 0 spiro atoms. The molecule has 4 heteroatoms. The summed E-state index contributed by atoms with van der Waals surface area (Å²) in [5, 5.41) is 23.3. The molecule has 0 aliphatic heterocycles. The first kappa shape index (κ1) is 7.84. The van der Waals surface area contributed by atoms with Crippen molar-refractivity contribution in [3.05, 3.63) is 30.3 Å². The summed E-state index contributed by atoms with van der Waals surface area (Å²) in [5.41, 5.74) is 0.598. The van der Waals surface area contributed by atoms with Crippen LogP contribution in [0.25, 0.3) is 0 Å². The summed E-state index contributed by atoms with van der Waals surface area (Å²) in [6.45, 7) is 0. The molecule has 11 heavy (non-hydrogen) atoms. The minimum absolute atomic E-state index is 0.598. The van der Waals surface area contributed by atoms with Gasteiger partial charge in [0.25, 0.3) is 6.41 Å². The smallest absolute Gasteiger partial charge is 0.272 e. The van der Waals surface area contributed by atoms with Gasteiger partial charge in [0.05, 0.1) is 5.69 Å². The van der Waals surface area contributed by atoms with Crippen LogP contribution in [0.3, 0.4) is 0 Å². The topological polar surface area (TPSA) is 65.2 Å². The molecule has 1 aromatic carbocycles. The van der Waals surface area contributed by atoms with Crippen molar-refractivity contribution in [1.29, 1.82) is 0 Å². The van der Waals surface area contributed by atoms with Gasteiger partial charge < -0.3 is 10.2 Å². The SMILES string of the molecule is OC(O)/N=N/c1ccccc1. The highest BCUT2D eigenvalue weighted by Gasteiger charge is 1.89. The van der Waals surface area contributed by atoms with Crippen LogP contribution >= 0.6 is 0 Å². The number of aliphatic hydroxyl groups is 2. The molecule has 1 rings (SSSR count). The zero-order chi connectivity index (χ0) is 8.10. The number of hydrogen-bond acceptors (Lipinski definition) is 4.